The van der Waals surface area contributed by atoms with E-state index in [1.54, 1.807) is 11.0 Å². The van der Waals surface area contributed by atoms with E-state index in [0.29, 0.717) is 28.8 Å². The van der Waals surface area contributed by atoms with Gasteiger partial charge in [-0.25, -0.2) is 4.98 Å². The van der Waals surface area contributed by atoms with Crippen LogP contribution in [0, 0.1) is 0 Å². The summed E-state index contributed by atoms with van der Waals surface area (Å²) in [6.45, 7) is 5.16. The minimum absolute atomic E-state index is 0.0300. The van der Waals surface area contributed by atoms with Crippen molar-refractivity contribution in [2.75, 3.05) is 13.1 Å². The van der Waals surface area contributed by atoms with E-state index in [-0.39, 0.29) is 5.91 Å². The highest BCUT2D eigenvalue weighted by molar-refractivity contribution is 8.18. The van der Waals surface area contributed by atoms with Crippen LogP contribution in [0.5, 0.6) is 0 Å². The van der Waals surface area contributed by atoms with Gasteiger partial charge in [0.2, 0.25) is 0 Å². The smallest absolute Gasteiger partial charge is 0.266 e. The average molecular weight is 399 g/mol. The number of para-hydroxylation sites is 2. The molecule has 0 radical (unpaired) electrons. The zero-order valence-corrected chi connectivity index (χ0v) is 16.6. The number of nitrogens with one attached hydrogen (secondary N) is 1. The second-order valence-electron chi connectivity index (χ2n) is 5.73. The molecule has 0 aliphatic carbocycles. The van der Waals surface area contributed by atoms with Gasteiger partial charge in [-0.1, -0.05) is 12.1 Å². The number of rotatable bonds is 5. The average Bonchev–Trinajstić information content (AvgIpc) is 3.34. The number of imidazole rings is 1. The second kappa shape index (κ2) is 7.66. The minimum Gasteiger partial charge on any atom is -0.450 e. The number of aromatic amines is 1. The second-order valence-corrected chi connectivity index (χ2v) is 7.74. The number of carbonyl (C=O) groups excluding carboxylic acids is 1. The molecule has 0 spiro atoms. The molecule has 0 bridgehead atoms. The summed E-state index contributed by atoms with van der Waals surface area (Å²) in [5.74, 6) is 0.607. The molecule has 138 valence electrons. The molecule has 6 nitrogen and oxygen atoms in total. The fraction of sp³-hybridized carbons (Fsp3) is 0.211. The molecule has 8 heteroatoms. The van der Waals surface area contributed by atoms with Gasteiger partial charge in [0.25, 0.3) is 5.91 Å². The number of aromatic nitrogens is 2. The summed E-state index contributed by atoms with van der Waals surface area (Å²) >= 11 is 2.81. The first-order valence-corrected chi connectivity index (χ1v) is 10.3. The molecule has 1 aromatic carbocycles. The molecule has 1 fully saturated rings. The van der Waals surface area contributed by atoms with Crippen LogP contribution >= 0.6 is 23.5 Å². The Kier molecular flexibility index (Phi) is 5.09. The number of fused-ring (bicyclic) bond motifs is 1. The third-order valence-electron chi connectivity index (χ3n) is 3.94. The predicted octanol–water partition coefficient (Wildman–Crippen LogP) is 4.62. The fourth-order valence-corrected chi connectivity index (χ4v) is 4.56. The summed E-state index contributed by atoms with van der Waals surface area (Å²) in [5.41, 5.74) is 1.91. The first kappa shape index (κ1) is 17.9. The molecular weight excluding hydrogens is 380 g/mol. The van der Waals surface area contributed by atoms with E-state index in [1.807, 2.05) is 50.2 Å². The Balaban J connectivity index is 1.53. The summed E-state index contributed by atoms with van der Waals surface area (Å²) in [5, 5.41) is 2.23. The van der Waals surface area contributed by atoms with Gasteiger partial charge in [0, 0.05) is 19.2 Å². The van der Waals surface area contributed by atoms with Crippen molar-refractivity contribution < 1.29 is 9.21 Å². The van der Waals surface area contributed by atoms with E-state index in [1.165, 1.54) is 23.5 Å². The standard InChI is InChI=1S/C19H18N4O2S2/c1-3-20-19-23(4-2)17(24)15(26-19)11-12-9-10-16(25-12)27-18-21-13-7-5-6-8-14(13)22-18/h5-11H,3-4H2,1-2H3,(H,21,22)/b15-11-,20-19?. The summed E-state index contributed by atoms with van der Waals surface area (Å²) in [6.07, 6.45) is 1.77. The lowest BCUT2D eigenvalue weighted by Crippen LogP contribution is -2.28. The number of amidine groups is 1. The number of amides is 1. The lowest BCUT2D eigenvalue weighted by Gasteiger charge is -2.11. The Bertz CT molecular complexity index is 1020. The minimum atomic E-state index is -0.0300. The Labute approximate surface area is 165 Å². The van der Waals surface area contributed by atoms with Crippen molar-refractivity contribution in [2.45, 2.75) is 24.1 Å². The van der Waals surface area contributed by atoms with Crippen LogP contribution in [0.3, 0.4) is 0 Å². The molecule has 1 amide bonds. The van der Waals surface area contributed by atoms with Crippen LogP contribution in [0.15, 0.2) is 61.0 Å². The van der Waals surface area contributed by atoms with E-state index in [9.17, 15) is 4.79 Å². The van der Waals surface area contributed by atoms with E-state index in [4.69, 9.17) is 4.42 Å². The monoisotopic (exact) mass is 398 g/mol. The molecular formula is C19H18N4O2S2. The molecule has 1 saturated heterocycles. The molecule has 0 saturated carbocycles. The molecule has 1 aliphatic heterocycles. The van der Waals surface area contributed by atoms with Crippen LogP contribution in [0.4, 0.5) is 0 Å². The van der Waals surface area contributed by atoms with Crippen molar-refractivity contribution >= 4 is 51.7 Å². The van der Waals surface area contributed by atoms with Gasteiger partial charge in [0.15, 0.2) is 15.4 Å². The Morgan fingerprint density at radius 1 is 1.30 bits per heavy atom. The zero-order chi connectivity index (χ0) is 18.8. The molecule has 0 unspecified atom stereocenters. The van der Waals surface area contributed by atoms with Crippen LogP contribution < -0.4 is 0 Å². The van der Waals surface area contributed by atoms with Gasteiger partial charge < -0.3 is 9.40 Å². The van der Waals surface area contributed by atoms with Crippen LogP contribution in [-0.2, 0) is 4.79 Å². The normalized spacial score (nSPS) is 17.7. The van der Waals surface area contributed by atoms with Crippen molar-refractivity contribution in [1.29, 1.82) is 0 Å². The highest BCUT2D eigenvalue weighted by Gasteiger charge is 2.32. The van der Waals surface area contributed by atoms with E-state index in [2.05, 4.69) is 15.0 Å². The summed E-state index contributed by atoms with van der Waals surface area (Å²) in [4.78, 5) is 27.0. The molecule has 1 N–H and O–H groups in total. The third kappa shape index (κ3) is 3.68. The van der Waals surface area contributed by atoms with Crippen LogP contribution in [0.25, 0.3) is 17.1 Å². The number of carbonyl (C=O) groups is 1. The van der Waals surface area contributed by atoms with Crippen molar-refractivity contribution in [3.8, 4) is 0 Å². The predicted molar refractivity (Wildman–Crippen MR) is 110 cm³/mol. The van der Waals surface area contributed by atoms with E-state index < -0.39 is 0 Å². The van der Waals surface area contributed by atoms with Crippen LogP contribution in [-0.4, -0.2) is 39.0 Å². The lowest BCUT2D eigenvalue weighted by atomic mass is 10.3. The Morgan fingerprint density at radius 3 is 2.93 bits per heavy atom. The number of likely N-dealkylation sites (N-methyl/N-ethyl adjacent to an activating group) is 1. The fourth-order valence-electron chi connectivity index (χ4n) is 2.71. The van der Waals surface area contributed by atoms with Crippen LogP contribution in [0.1, 0.15) is 19.6 Å². The van der Waals surface area contributed by atoms with Crippen molar-refractivity contribution in [3.63, 3.8) is 0 Å². The molecule has 0 atom stereocenters. The molecule has 27 heavy (non-hydrogen) atoms. The summed E-state index contributed by atoms with van der Waals surface area (Å²) in [6, 6.07) is 11.6. The lowest BCUT2D eigenvalue weighted by molar-refractivity contribution is -0.122. The Hall–Kier alpha value is -2.45. The van der Waals surface area contributed by atoms with Gasteiger partial charge in [-0.3, -0.25) is 14.7 Å². The maximum absolute atomic E-state index is 12.5. The van der Waals surface area contributed by atoms with E-state index >= 15 is 0 Å². The first-order valence-electron chi connectivity index (χ1n) is 8.66. The Morgan fingerprint density at radius 2 is 2.15 bits per heavy atom. The number of furan rings is 1. The molecule has 4 rings (SSSR count). The molecule has 3 aromatic rings. The van der Waals surface area contributed by atoms with Crippen molar-refractivity contribution in [2.24, 2.45) is 4.99 Å². The quantitative estimate of drug-likeness (QED) is 0.635. The highest BCUT2D eigenvalue weighted by atomic mass is 32.2. The highest BCUT2D eigenvalue weighted by Crippen LogP contribution is 2.34. The number of aliphatic imine (C=N–C) groups is 1. The van der Waals surface area contributed by atoms with Crippen molar-refractivity contribution in [3.05, 3.63) is 47.1 Å². The zero-order valence-electron chi connectivity index (χ0n) is 14.9. The van der Waals surface area contributed by atoms with Gasteiger partial charge in [-0.2, -0.15) is 0 Å². The number of H-pyrrole nitrogens is 1. The van der Waals surface area contributed by atoms with Gasteiger partial charge in [0.1, 0.15) is 5.76 Å². The van der Waals surface area contributed by atoms with Gasteiger partial charge in [0.05, 0.1) is 15.9 Å². The summed E-state index contributed by atoms with van der Waals surface area (Å²) in [7, 11) is 0. The van der Waals surface area contributed by atoms with Gasteiger partial charge in [-0.05, 0) is 61.6 Å². The number of hydrogen-bond acceptors (Lipinski definition) is 6. The summed E-state index contributed by atoms with van der Waals surface area (Å²) < 4.78 is 5.86. The van der Waals surface area contributed by atoms with Crippen LogP contribution in [0.2, 0.25) is 0 Å². The SMILES string of the molecule is CCN=C1S/C(=C\c2ccc(Sc3nc4ccccc4[nH]3)o2)C(=O)N1CC. The van der Waals surface area contributed by atoms with E-state index in [0.717, 1.165) is 21.4 Å². The number of hydrogen-bond donors (Lipinski definition) is 1. The topological polar surface area (TPSA) is 74.5 Å². The number of benzene rings is 1. The van der Waals surface area contributed by atoms with Gasteiger partial charge >= 0.3 is 0 Å². The molecule has 1 aliphatic rings. The maximum Gasteiger partial charge on any atom is 0.266 e. The van der Waals surface area contributed by atoms with Gasteiger partial charge in [-0.15, -0.1) is 0 Å². The third-order valence-corrected chi connectivity index (χ3v) is 5.79. The molecule has 3 heterocycles. The number of nitrogens with zero attached hydrogens (tertiary/aromatic N) is 3. The first-order chi connectivity index (χ1) is 13.2. The number of thioether (sulfide) groups is 1. The largest absolute Gasteiger partial charge is 0.450 e. The molecule has 2 aromatic heterocycles. The maximum atomic E-state index is 12.5. The van der Waals surface area contributed by atoms with Crippen molar-refractivity contribution in [1.82, 2.24) is 14.9 Å².